The number of anilines is 1. The van der Waals surface area contributed by atoms with E-state index in [-0.39, 0.29) is 11.8 Å². The number of rotatable bonds is 6. The Morgan fingerprint density at radius 2 is 1.67 bits per heavy atom. The Bertz CT molecular complexity index is 916. The van der Waals surface area contributed by atoms with Crippen LogP contribution in [0.4, 0.5) is 5.69 Å². The molecule has 0 atom stereocenters. The van der Waals surface area contributed by atoms with Gasteiger partial charge in [0.05, 0.1) is 22.8 Å². The van der Waals surface area contributed by atoms with Crippen LogP contribution >= 0.6 is 11.8 Å². The maximum Gasteiger partial charge on any atom is 0.272 e. The molecule has 0 bridgehead atoms. The third-order valence-electron chi connectivity index (χ3n) is 4.60. The Morgan fingerprint density at radius 1 is 0.963 bits per heavy atom. The number of thioether (sulfide) groups is 1. The first kappa shape index (κ1) is 19.2. The Labute approximate surface area is 164 Å². The minimum Gasteiger partial charge on any atom is -0.494 e. The second kappa shape index (κ2) is 8.01. The number of hydrogen-bond donors (Lipinski definition) is 0. The highest BCUT2D eigenvalue weighted by Crippen LogP contribution is 2.39. The fraction of sp³-hybridized carbons (Fsp3) is 0.273. The number of ether oxygens (including phenoxy) is 1. The minimum absolute atomic E-state index is 0.246. The van der Waals surface area contributed by atoms with Crippen molar-refractivity contribution in [3.05, 3.63) is 64.1 Å². The zero-order valence-electron chi connectivity index (χ0n) is 16.0. The van der Waals surface area contributed by atoms with Crippen molar-refractivity contribution in [1.29, 1.82) is 0 Å². The van der Waals surface area contributed by atoms with Crippen LogP contribution < -0.4 is 9.64 Å². The summed E-state index contributed by atoms with van der Waals surface area (Å²) in [6, 6.07) is 13.0. The maximum atomic E-state index is 13.3. The molecule has 0 N–H and O–H groups in total. The van der Waals surface area contributed by atoms with E-state index in [9.17, 15) is 9.59 Å². The molecule has 4 nitrogen and oxygen atoms in total. The molecular formula is C22H23NO3S. The lowest BCUT2D eigenvalue weighted by Crippen LogP contribution is -2.32. The number of imide groups is 1. The normalized spacial score (nSPS) is 14.3. The van der Waals surface area contributed by atoms with Crippen molar-refractivity contribution in [2.75, 3.05) is 17.3 Å². The van der Waals surface area contributed by atoms with E-state index in [0.717, 1.165) is 28.2 Å². The van der Waals surface area contributed by atoms with Gasteiger partial charge < -0.3 is 4.74 Å². The molecule has 0 fully saturated rings. The van der Waals surface area contributed by atoms with Gasteiger partial charge in [0.2, 0.25) is 0 Å². The number of nitrogens with zero attached hydrogens (tertiary/aromatic N) is 1. The van der Waals surface area contributed by atoms with Gasteiger partial charge in [0.15, 0.2) is 0 Å². The lowest BCUT2D eigenvalue weighted by Gasteiger charge is -2.19. The molecule has 1 heterocycles. The SMILES string of the molecule is CCOc1ccc(C2=C(SCC)C(=O)N(c3cccc(C)c3C)C2=O)cc1. The molecule has 0 aliphatic carbocycles. The molecule has 2 aromatic rings. The van der Waals surface area contributed by atoms with Gasteiger partial charge in [-0.15, -0.1) is 11.8 Å². The average molecular weight is 381 g/mol. The number of aryl methyl sites for hydroxylation is 1. The minimum atomic E-state index is -0.270. The predicted octanol–water partition coefficient (Wildman–Crippen LogP) is 4.74. The summed E-state index contributed by atoms with van der Waals surface area (Å²) in [4.78, 5) is 28.2. The van der Waals surface area contributed by atoms with Crippen LogP contribution in [0.25, 0.3) is 5.57 Å². The molecule has 1 aliphatic heterocycles. The molecule has 0 spiro atoms. The molecule has 2 amide bonds. The van der Waals surface area contributed by atoms with E-state index < -0.39 is 0 Å². The van der Waals surface area contributed by atoms with Gasteiger partial charge >= 0.3 is 0 Å². The molecule has 0 aromatic heterocycles. The summed E-state index contributed by atoms with van der Waals surface area (Å²) in [5.41, 5.74) is 3.84. The van der Waals surface area contributed by atoms with Gasteiger partial charge in [-0.25, -0.2) is 4.90 Å². The summed E-state index contributed by atoms with van der Waals surface area (Å²) in [6.45, 7) is 8.40. The van der Waals surface area contributed by atoms with Gasteiger partial charge in [-0.1, -0.05) is 31.2 Å². The van der Waals surface area contributed by atoms with Crippen LogP contribution in [-0.4, -0.2) is 24.2 Å². The second-order valence-electron chi connectivity index (χ2n) is 6.26. The van der Waals surface area contributed by atoms with Crippen LogP contribution in [0.5, 0.6) is 5.75 Å². The third kappa shape index (κ3) is 3.52. The number of amides is 2. The summed E-state index contributed by atoms with van der Waals surface area (Å²) in [7, 11) is 0. The molecule has 3 rings (SSSR count). The van der Waals surface area contributed by atoms with Crippen molar-refractivity contribution >= 4 is 34.8 Å². The van der Waals surface area contributed by atoms with Gasteiger partial charge in [0.1, 0.15) is 5.75 Å². The first-order valence-electron chi connectivity index (χ1n) is 9.04. The van der Waals surface area contributed by atoms with Gasteiger partial charge in [0.25, 0.3) is 11.8 Å². The van der Waals surface area contributed by atoms with E-state index in [0.29, 0.717) is 22.8 Å². The lowest BCUT2D eigenvalue weighted by molar-refractivity contribution is -0.119. The quantitative estimate of drug-likeness (QED) is 0.678. The van der Waals surface area contributed by atoms with Gasteiger partial charge in [0, 0.05) is 0 Å². The Morgan fingerprint density at radius 3 is 2.30 bits per heavy atom. The molecule has 0 unspecified atom stereocenters. The molecule has 5 heteroatoms. The van der Waals surface area contributed by atoms with E-state index in [1.807, 2.05) is 70.2 Å². The van der Waals surface area contributed by atoms with Crippen LogP contribution in [0.1, 0.15) is 30.5 Å². The summed E-state index contributed by atoms with van der Waals surface area (Å²) in [5.74, 6) is 0.947. The number of benzene rings is 2. The van der Waals surface area contributed by atoms with Crippen molar-refractivity contribution < 1.29 is 14.3 Å². The summed E-state index contributed by atoms with van der Waals surface area (Å²) in [5, 5.41) is 0. The first-order valence-corrected chi connectivity index (χ1v) is 10.0. The zero-order chi connectivity index (χ0) is 19.6. The Kier molecular flexibility index (Phi) is 5.71. The van der Waals surface area contributed by atoms with E-state index >= 15 is 0 Å². The molecule has 140 valence electrons. The highest BCUT2D eigenvalue weighted by atomic mass is 32.2. The molecule has 0 radical (unpaired) electrons. The molecule has 0 saturated heterocycles. The average Bonchev–Trinajstić information content (AvgIpc) is 2.89. The predicted molar refractivity (Wildman–Crippen MR) is 111 cm³/mol. The number of carbonyl (C=O) groups is 2. The van der Waals surface area contributed by atoms with Crippen molar-refractivity contribution in [2.24, 2.45) is 0 Å². The fourth-order valence-electron chi connectivity index (χ4n) is 3.12. The monoisotopic (exact) mass is 381 g/mol. The molecule has 1 aliphatic rings. The third-order valence-corrected chi connectivity index (χ3v) is 5.56. The van der Waals surface area contributed by atoms with Crippen LogP contribution in [0.2, 0.25) is 0 Å². The highest BCUT2D eigenvalue weighted by Gasteiger charge is 2.40. The van der Waals surface area contributed by atoms with E-state index in [4.69, 9.17) is 4.74 Å². The van der Waals surface area contributed by atoms with Gasteiger partial charge in [-0.05, 0) is 61.4 Å². The summed E-state index contributed by atoms with van der Waals surface area (Å²) < 4.78 is 5.48. The van der Waals surface area contributed by atoms with Gasteiger partial charge in [-0.3, -0.25) is 9.59 Å². The Hall–Kier alpha value is -2.53. The number of carbonyl (C=O) groups excluding carboxylic acids is 2. The molecule has 27 heavy (non-hydrogen) atoms. The molecular weight excluding hydrogens is 358 g/mol. The maximum absolute atomic E-state index is 13.3. The van der Waals surface area contributed by atoms with Gasteiger partial charge in [-0.2, -0.15) is 0 Å². The largest absolute Gasteiger partial charge is 0.494 e. The van der Waals surface area contributed by atoms with Crippen molar-refractivity contribution in [3.63, 3.8) is 0 Å². The molecule has 2 aromatic carbocycles. The van der Waals surface area contributed by atoms with Crippen LogP contribution in [-0.2, 0) is 9.59 Å². The number of hydrogen-bond acceptors (Lipinski definition) is 4. The standard InChI is InChI=1S/C22H23NO3S/c1-5-26-17-12-10-16(11-13-17)19-20(27-6-2)22(25)23(21(19)24)18-9-7-8-14(3)15(18)4/h7-13H,5-6H2,1-4H3. The smallest absolute Gasteiger partial charge is 0.272 e. The Balaban J connectivity index is 2.06. The van der Waals surface area contributed by atoms with Crippen LogP contribution in [0.3, 0.4) is 0 Å². The van der Waals surface area contributed by atoms with Crippen LogP contribution in [0.15, 0.2) is 47.4 Å². The topological polar surface area (TPSA) is 46.6 Å². The van der Waals surface area contributed by atoms with E-state index in [1.165, 1.54) is 16.7 Å². The van der Waals surface area contributed by atoms with Crippen molar-refractivity contribution in [1.82, 2.24) is 0 Å². The van der Waals surface area contributed by atoms with Crippen molar-refractivity contribution in [2.45, 2.75) is 27.7 Å². The van der Waals surface area contributed by atoms with Crippen LogP contribution in [0, 0.1) is 13.8 Å². The first-order chi connectivity index (χ1) is 13.0. The summed E-state index contributed by atoms with van der Waals surface area (Å²) in [6.07, 6.45) is 0. The highest BCUT2D eigenvalue weighted by molar-refractivity contribution is 8.04. The van der Waals surface area contributed by atoms with E-state index in [1.54, 1.807) is 0 Å². The summed E-state index contributed by atoms with van der Waals surface area (Å²) >= 11 is 1.41. The van der Waals surface area contributed by atoms with Crippen molar-refractivity contribution in [3.8, 4) is 5.75 Å². The zero-order valence-corrected chi connectivity index (χ0v) is 16.9. The fourth-order valence-corrected chi connectivity index (χ4v) is 3.98. The second-order valence-corrected chi connectivity index (χ2v) is 7.53. The van der Waals surface area contributed by atoms with E-state index in [2.05, 4.69) is 0 Å². The molecule has 0 saturated carbocycles. The lowest BCUT2D eigenvalue weighted by atomic mass is 10.1.